The number of nitrogens with zero attached hydrogens (tertiary/aromatic N) is 1. The first-order valence-electron chi connectivity index (χ1n) is 11.0. The van der Waals surface area contributed by atoms with Gasteiger partial charge in [-0.05, 0) is 64.7 Å². The van der Waals surface area contributed by atoms with E-state index in [4.69, 9.17) is 21.1 Å². The number of ether oxygens (including phenoxy) is 2. The van der Waals surface area contributed by atoms with Gasteiger partial charge >= 0.3 is 11.8 Å². The maximum atomic E-state index is 12.2. The van der Waals surface area contributed by atoms with Crippen LogP contribution < -0.4 is 20.2 Å². The van der Waals surface area contributed by atoms with Crippen LogP contribution >= 0.6 is 27.5 Å². The third-order valence-electron chi connectivity index (χ3n) is 4.89. The summed E-state index contributed by atoms with van der Waals surface area (Å²) in [5.41, 5.74) is 5.24. The minimum atomic E-state index is -0.879. The van der Waals surface area contributed by atoms with Crippen LogP contribution in [-0.4, -0.2) is 24.6 Å². The molecule has 7 nitrogen and oxygen atoms in total. The molecule has 0 fully saturated rings. The third kappa shape index (κ3) is 7.31. The van der Waals surface area contributed by atoms with Gasteiger partial charge in [0.25, 0.3) is 0 Å². The number of carbonyl (C=O) groups is 2. The average Bonchev–Trinajstić information content (AvgIpc) is 2.85. The number of nitrogens with one attached hydrogen (secondary N) is 2. The predicted molar refractivity (Wildman–Crippen MR) is 141 cm³/mol. The molecule has 35 heavy (non-hydrogen) atoms. The largest absolute Gasteiger partial charge is 0.490 e. The lowest BCUT2D eigenvalue weighted by molar-refractivity contribution is -0.136. The maximum Gasteiger partial charge on any atom is 0.329 e. The average molecular weight is 559 g/mol. The SMILES string of the molecule is CCOc1cc(/C=N/NC(=O)C(=O)Nc2ccccc2CC)cc(Br)c1OCc1ccccc1Cl. The molecular weight excluding hydrogens is 534 g/mol. The highest BCUT2D eigenvalue weighted by molar-refractivity contribution is 9.10. The van der Waals surface area contributed by atoms with Crippen LogP contribution in [-0.2, 0) is 22.6 Å². The van der Waals surface area contributed by atoms with Crippen molar-refractivity contribution in [1.82, 2.24) is 5.43 Å². The van der Waals surface area contributed by atoms with E-state index in [0.29, 0.717) is 38.9 Å². The highest BCUT2D eigenvalue weighted by atomic mass is 79.9. The zero-order valence-electron chi connectivity index (χ0n) is 19.3. The van der Waals surface area contributed by atoms with Crippen LogP contribution in [0.5, 0.6) is 11.5 Å². The summed E-state index contributed by atoms with van der Waals surface area (Å²) < 4.78 is 12.3. The van der Waals surface area contributed by atoms with Gasteiger partial charge in [-0.1, -0.05) is 54.9 Å². The van der Waals surface area contributed by atoms with Crippen molar-refractivity contribution in [1.29, 1.82) is 0 Å². The van der Waals surface area contributed by atoms with Crippen molar-refractivity contribution in [3.05, 3.63) is 86.8 Å². The van der Waals surface area contributed by atoms with Crippen molar-refractivity contribution >= 4 is 51.2 Å². The molecule has 2 amide bonds. The molecule has 0 radical (unpaired) electrons. The molecule has 3 aromatic carbocycles. The number of amides is 2. The summed E-state index contributed by atoms with van der Waals surface area (Å²) in [7, 11) is 0. The molecule has 0 unspecified atom stereocenters. The maximum absolute atomic E-state index is 12.2. The van der Waals surface area contributed by atoms with Gasteiger partial charge in [-0.2, -0.15) is 5.10 Å². The second-order valence-electron chi connectivity index (χ2n) is 7.31. The molecule has 0 bridgehead atoms. The molecular formula is C26H25BrClN3O4. The van der Waals surface area contributed by atoms with Crippen molar-refractivity contribution in [3.8, 4) is 11.5 Å². The van der Waals surface area contributed by atoms with Crippen LogP contribution in [0.3, 0.4) is 0 Å². The summed E-state index contributed by atoms with van der Waals surface area (Å²) >= 11 is 9.72. The topological polar surface area (TPSA) is 89.0 Å². The fourth-order valence-corrected chi connectivity index (χ4v) is 3.94. The smallest absolute Gasteiger partial charge is 0.329 e. The highest BCUT2D eigenvalue weighted by Crippen LogP contribution is 2.37. The van der Waals surface area contributed by atoms with E-state index in [9.17, 15) is 9.59 Å². The Morgan fingerprint density at radius 1 is 1.00 bits per heavy atom. The monoisotopic (exact) mass is 557 g/mol. The number of hydrogen-bond acceptors (Lipinski definition) is 5. The van der Waals surface area contributed by atoms with Crippen LogP contribution in [0, 0.1) is 0 Å². The number of benzene rings is 3. The third-order valence-corrected chi connectivity index (χ3v) is 5.85. The molecule has 3 rings (SSSR count). The zero-order chi connectivity index (χ0) is 25.2. The second-order valence-corrected chi connectivity index (χ2v) is 8.57. The molecule has 0 saturated heterocycles. The van der Waals surface area contributed by atoms with Gasteiger partial charge in [-0.25, -0.2) is 5.43 Å². The lowest BCUT2D eigenvalue weighted by Gasteiger charge is -2.15. The lowest BCUT2D eigenvalue weighted by atomic mass is 10.1. The van der Waals surface area contributed by atoms with Crippen molar-refractivity contribution in [2.24, 2.45) is 5.10 Å². The van der Waals surface area contributed by atoms with Crippen molar-refractivity contribution in [2.75, 3.05) is 11.9 Å². The summed E-state index contributed by atoms with van der Waals surface area (Å²) in [5.74, 6) is -0.670. The molecule has 0 heterocycles. The highest BCUT2D eigenvalue weighted by Gasteiger charge is 2.15. The van der Waals surface area contributed by atoms with E-state index in [1.54, 1.807) is 30.3 Å². The number of rotatable bonds is 9. The quantitative estimate of drug-likeness (QED) is 0.199. The van der Waals surface area contributed by atoms with E-state index >= 15 is 0 Å². The number of carbonyl (C=O) groups excluding carboxylic acids is 2. The minimum Gasteiger partial charge on any atom is -0.490 e. The van der Waals surface area contributed by atoms with Crippen LogP contribution in [0.25, 0.3) is 0 Å². The normalized spacial score (nSPS) is 10.7. The van der Waals surface area contributed by atoms with Crippen LogP contribution in [0.15, 0.2) is 70.2 Å². The number of halogens is 2. The molecule has 9 heteroatoms. The van der Waals surface area contributed by atoms with E-state index in [1.165, 1.54) is 6.21 Å². The number of aryl methyl sites for hydroxylation is 1. The summed E-state index contributed by atoms with van der Waals surface area (Å²) in [6, 6.07) is 18.2. The molecule has 3 aromatic rings. The number of para-hydroxylation sites is 1. The summed E-state index contributed by atoms with van der Waals surface area (Å²) in [4.78, 5) is 24.4. The van der Waals surface area contributed by atoms with Gasteiger partial charge in [0, 0.05) is 16.3 Å². The molecule has 0 aromatic heterocycles. The lowest BCUT2D eigenvalue weighted by Crippen LogP contribution is -2.32. The van der Waals surface area contributed by atoms with Crippen LogP contribution in [0.4, 0.5) is 5.69 Å². The Bertz CT molecular complexity index is 1230. The second kappa shape index (κ2) is 12.9. The molecule has 182 valence electrons. The van der Waals surface area contributed by atoms with Gasteiger partial charge in [0.05, 0.1) is 17.3 Å². The number of anilines is 1. The zero-order valence-corrected chi connectivity index (χ0v) is 21.7. The standard InChI is InChI=1S/C26H25BrClN3O4/c1-3-18-9-6-8-12-22(18)30-25(32)26(33)31-29-15-17-13-20(27)24(23(14-17)34-4-2)35-16-19-10-5-7-11-21(19)28/h5-15H,3-4,16H2,1-2H3,(H,30,32)(H,31,33)/b29-15+. The van der Waals surface area contributed by atoms with Crippen molar-refractivity contribution < 1.29 is 19.1 Å². The Morgan fingerprint density at radius 2 is 1.71 bits per heavy atom. The Morgan fingerprint density at radius 3 is 2.43 bits per heavy atom. The van der Waals surface area contributed by atoms with Crippen LogP contribution in [0.1, 0.15) is 30.5 Å². The van der Waals surface area contributed by atoms with Gasteiger partial charge in [0.1, 0.15) is 6.61 Å². The first kappa shape index (κ1) is 26.2. The first-order chi connectivity index (χ1) is 16.9. The van der Waals surface area contributed by atoms with E-state index in [-0.39, 0.29) is 6.61 Å². The van der Waals surface area contributed by atoms with Crippen molar-refractivity contribution in [3.63, 3.8) is 0 Å². The van der Waals surface area contributed by atoms with Crippen LogP contribution in [0.2, 0.25) is 5.02 Å². The fraction of sp³-hybridized carbons (Fsp3) is 0.192. The van der Waals surface area contributed by atoms with Gasteiger partial charge in [0.2, 0.25) is 0 Å². The van der Waals surface area contributed by atoms with Gasteiger partial charge < -0.3 is 14.8 Å². The van der Waals surface area contributed by atoms with Gasteiger partial charge in [-0.15, -0.1) is 0 Å². The Balaban J connectivity index is 1.67. The van der Waals surface area contributed by atoms with E-state index in [1.807, 2.05) is 44.2 Å². The van der Waals surface area contributed by atoms with E-state index < -0.39 is 11.8 Å². The molecule has 2 N–H and O–H groups in total. The minimum absolute atomic E-state index is 0.262. The molecule has 0 spiro atoms. The molecule has 0 atom stereocenters. The molecule has 0 aliphatic heterocycles. The predicted octanol–water partition coefficient (Wildman–Crippen LogP) is 5.73. The van der Waals surface area contributed by atoms with E-state index in [0.717, 1.165) is 17.5 Å². The first-order valence-corrected chi connectivity index (χ1v) is 12.1. The summed E-state index contributed by atoms with van der Waals surface area (Å²) in [6.45, 7) is 4.52. The van der Waals surface area contributed by atoms with Crippen molar-refractivity contribution in [2.45, 2.75) is 26.9 Å². The van der Waals surface area contributed by atoms with Gasteiger partial charge in [-0.3, -0.25) is 9.59 Å². The Kier molecular flexibility index (Phi) is 9.69. The summed E-state index contributed by atoms with van der Waals surface area (Å²) in [5, 5.41) is 7.12. The Hall–Kier alpha value is -3.36. The molecule has 0 aliphatic rings. The van der Waals surface area contributed by atoms with Gasteiger partial charge in [0.15, 0.2) is 11.5 Å². The molecule has 0 aliphatic carbocycles. The van der Waals surface area contributed by atoms with E-state index in [2.05, 4.69) is 31.8 Å². The Labute approximate surface area is 217 Å². The number of hydrazone groups is 1. The summed E-state index contributed by atoms with van der Waals surface area (Å²) in [6.07, 6.45) is 2.14. The number of hydrogen-bond donors (Lipinski definition) is 2. The molecule has 0 saturated carbocycles. The fourth-order valence-electron chi connectivity index (χ4n) is 3.18.